The van der Waals surface area contributed by atoms with Crippen LogP contribution in [-0.4, -0.2) is 34.6 Å². The van der Waals surface area contributed by atoms with Gasteiger partial charge in [0.15, 0.2) is 11.0 Å². The number of halogens is 2. The summed E-state index contributed by atoms with van der Waals surface area (Å²) in [5.74, 6) is -0.643. The number of carbonyl (C=O) groups is 3. The average molecular weight is 465 g/mol. The Morgan fingerprint density at radius 1 is 1.17 bits per heavy atom. The van der Waals surface area contributed by atoms with Gasteiger partial charge in [0, 0.05) is 10.6 Å². The van der Waals surface area contributed by atoms with Gasteiger partial charge in [-0.2, -0.15) is 0 Å². The molecule has 2 N–H and O–H groups in total. The molecule has 2 amide bonds. The molecule has 1 saturated heterocycles. The fraction of sp³-hybridized carbons (Fsp3) is 0.200. The summed E-state index contributed by atoms with van der Waals surface area (Å²) in [5, 5.41) is 7.92. The number of anilines is 2. The lowest BCUT2D eigenvalue weighted by Gasteiger charge is -2.16. The number of amides is 2. The van der Waals surface area contributed by atoms with Crippen molar-refractivity contribution >= 4 is 69.1 Å². The number of rotatable bonds is 6. The van der Waals surface area contributed by atoms with E-state index in [-0.39, 0.29) is 23.5 Å². The third-order valence-corrected chi connectivity index (χ3v) is 5.82. The second-order valence-corrected chi connectivity index (χ2v) is 8.60. The number of benzene rings is 2. The normalized spacial score (nSPS) is 17.3. The molecule has 0 aromatic heterocycles. The molecule has 30 heavy (non-hydrogen) atoms. The number of nitrogens with zero attached hydrogens (tertiary/aromatic N) is 2. The molecule has 1 atom stereocenters. The van der Waals surface area contributed by atoms with E-state index in [0.29, 0.717) is 32.2 Å². The Hall–Kier alpha value is -2.55. The van der Waals surface area contributed by atoms with Gasteiger partial charge in [-0.1, -0.05) is 35.0 Å². The lowest BCUT2D eigenvalue weighted by molar-refractivity contribution is -0.119. The number of ketones is 1. The Bertz CT molecular complexity index is 1030. The van der Waals surface area contributed by atoms with Crippen molar-refractivity contribution in [3.8, 4) is 0 Å². The number of hydrogen-bond acceptors (Lipinski definition) is 6. The minimum atomic E-state index is -0.418. The first kappa shape index (κ1) is 22.1. The predicted molar refractivity (Wildman–Crippen MR) is 122 cm³/mol. The standard InChI is InChI=1S/C20H18Cl2N4O3S/c1-11(27)13-3-6-15(7-4-13)26-19(29)12(2)30-20(26)25-24-18(28)10-23-17-9-14(21)5-8-16(17)22/h3-9,12,23H,10H2,1-2H3,(H,24,28). The van der Waals surface area contributed by atoms with Crippen LogP contribution in [0.4, 0.5) is 11.4 Å². The Labute approximate surface area is 187 Å². The van der Waals surface area contributed by atoms with Gasteiger partial charge in [0.25, 0.3) is 5.91 Å². The van der Waals surface area contributed by atoms with Crippen molar-refractivity contribution in [3.05, 3.63) is 58.1 Å². The Kier molecular flexibility index (Phi) is 7.02. The first-order valence-electron chi connectivity index (χ1n) is 8.93. The van der Waals surface area contributed by atoms with Gasteiger partial charge in [-0.3, -0.25) is 19.3 Å². The number of Topliss-reactive ketones (excluding diaryl/α,β-unsaturated/α-hetero) is 1. The van der Waals surface area contributed by atoms with E-state index in [4.69, 9.17) is 23.2 Å². The molecule has 1 unspecified atom stereocenters. The largest absolute Gasteiger partial charge is 0.375 e. The van der Waals surface area contributed by atoms with Crippen molar-refractivity contribution in [2.24, 2.45) is 5.10 Å². The molecule has 0 spiro atoms. The maximum atomic E-state index is 12.6. The molecular formula is C20H18Cl2N4O3S. The van der Waals surface area contributed by atoms with Crippen LogP contribution in [0.1, 0.15) is 24.2 Å². The van der Waals surface area contributed by atoms with Crippen LogP contribution >= 0.6 is 35.0 Å². The zero-order chi connectivity index (χ0) is 21.8. The van der Waals surface area contributed by atoms with Gasteiger partial charge < -0.3 is 5.32 Å². The van der Waals surface area contributed by atoms with E-state index < -0.39 is 5.91 Å². The summed E-state index contributed by atoms with van der Waals surface area (Å²) in [4.78, 5) is 37.6. The molecule has 10 heteroatoms. The van der Waals surface area contributed by atoms with Crippen molar-refractivity contribution in [3.63, 3.8) is 0 Å². The molecule has 2 aromatic carbocycles. The molecule has 0 aliphatic carbocycles. The van der Waals surface area contributed by atoms with Crippen LogP contribution < -0.4 is 15.6 Å². The fourth-order valence-electron chi connectivity index (χ4n) is 2.65. The maximum absolute atomic E-state index is 12.6. The Morgan fingerprint density at radius 2 is 1.87 bits per heavy atom. The van der Waals surface area contributed by atoms with Crippen molar-refractivity contribution in [2.75, 3.05) is 16.8 Å². The van der Waals surface area contributed by atoms with E-state index in [1.54, 1.807) is 49.4 Å². The van der Waals surface area contributed by atoms with E-state index in [1.165, 1.54) is 23.6 Å². The Balaban J connectivity index is 1.69. The number of carbonyl (C=O) groups excluding carboxylic acids is 3. The average Bonchev–Trinajstić information content (AvgIpc) is 3.00. The molecule has 1 aliphatic heterocycles. The molecule has 7 nitrogen and oxygen atoms in total. The zero-order valence-electron chi connectivity index (χ0n) is 16.1. The summed E-state index contributed by atoms with van der Waals surface area (Å²) >= 11 is 13.2. The van der Waals surface area contributed by atoms with Crippen LogP contribution in [0.5, 0.6) is 0 Å². The van der Waals surface area contributed by atoms with Crippen LogP contribution in [0, 0.1) is 0 Å². The second kappa shape index (κ2) is 9.51. The number of amidine groups is 1. The van der Waals surface area contributed by atoms with Gasteiger partial charge in [-0.25, -0.2) is 5.43 Å². The first-order chi connectivity index (χ1) is 14.3. The molecular weight excluding hydrogens is 447 g/mol. The van der Waals surface area contributed by atoms with Gasteiger partial charge in [0.1, 0.15) is 0 Å². The van der Waals surface area contributed by atoms with Gasteiger partial charge in [-0.05, 0) is 56.3 Å². The second-order valence-electron chi connectivity index (χ2n) is 6.44. The van der Waals surface area contributed by atoms with E-state index in [9.17, 15) is 14.4 Å². The van der Waals surface area contributed by atoms with E-state index in [0.717, 1.165) is 0 Å². The fourth-order valence-corrected chi connectivity index (χ4v) is 3.93. The number of hydrazone groups is 1. The number of hydrogen-bond donors (Lipinski definition) is 2. The monoisotopic (exact) mass is 464 g/mol. The van der Waals surface area contributed by atoms with Crippen molar-refractivity contribution in [1.29, 1.82) is 0 Å². The Morgan fingerprint density at radius 3 is 2.53 bits per heavy atom. The smallest absolute Gasteiger partial charge is 0.259 e. The predicted octanol–water partition coefficient (Wildman–Crippen LogP) is 4.16. The molecule has 1 heterocycles. The highest BCUT2D eigenvalue weighted by atomic mass is 35.5. The lowest BCUT2D eigenvalue weighted by atomic mass is 10.1. The van der Waals surface area contributed by atoms with Crippen molar-refractivity contribution < 1.29 is 14.4 Å². The highest BCUT2D eigenvalue weighted by Gasteiger charge is 2.36. The van der Waals surface area contributed by atoms with Crippen LogP contribution in [0.3, 0.4) is 0 Å². The summed E-state index contributed by atoms with van der Waals surface area (Å²) in [6, 6.07) is 11.5. The summed E-state index contributed by atoms with van der Waals surface area (Å²) in [6.45, 7) is 3.15. The summed E-state index contributed by atoms with van der Waals surface area (Å²) in [7, 11) is 0. The number of nitrogens with one attached hydrogen (secondary N) is 2. The molecule has 0 saturated carbocycles. The van der Waals surface area contributed by atoms with Crippen LogP contribution in [-0.2, 0) is 9.59 Å². The third kappa shape index (κ3) is 5.13. The quantitative estimate of drug-likeness (QED) is 0.494. The molecule has 0 bridgehead atoms. The molecule has 3 rings (SSSR count). The van der Waals surface area contributed by atoms with Crippen molar-refractivity contribution in [1.82, 2.24) is 5.43 Å². The topological polar surface area (TPSA) is 90.9 Å². The van der Waals surface area contributed by atoms with Gasteiger partial charge in [-0.15, -0.1) is 5.10 Å². The van der Waals surface area contributed by atoms with E-state index in [1.807, 2.05) is 0 Å². The molecule has 156 valence electrons. The summed E-state index contributed by atoms with van der Waals surface area (Å²) < 4.78 is 0. The minimum absolute atomic E-state index is 0.0643. The number of thioether (sulfide) groups is 1. The highest BCUT2D eigenvalue weighted by Crippen LogP contribution is 2.31. The molecule has 1 aliphatic rings. The van der Waals surface area contributed by atoms with E-state index >= 15 is 0 Å². The first-order valence-corrected chi connectivity index (χ1v) is 10.6. The maximum Gasteiger partial charge on any atom is 0.259 e. The van der Waals surface area contributed by atoms with Crippen LogP contribution in [0.15, 0.2) is 47.6 Å². The minimum Gasteiger partial charge on any atom is -0.375 e. The molecule has 2 aromatic rings. The van der Waals surface area contributed by atoms with Crippen LogP contribution in [0.25, 0.3) is 0 Å². The van der Waals surface area contributed by atoms with E-state index in [2.05, 4.69) is 15.8 Å². The highest BCUT2D eigenvalue weighted by molar-refractivity contribution is 8.16. The molecule has 1 fully saturated rings. The van der Waals surface area contributed by atoms with Crippen LogP contribution in [0.2, 0.25) is 10.0 Å². The lowest BCUT2D eigenvalue weighted by Crippen LogP contribution is -2.34. The summed E-state index contributed by atoms with van der Waals surface area (Å²) in [6.07, 6.45) is 0. The molecule has 0 radical (unpaired) electrons. The van der Waals surface area contributed by atoms with Gasteiger partial charge >= 0.3 is 0 Å². The summed E-state index contributed by atoms with van der Waals surface area (Å²) in [5.41, 5.74) is 4.08. The van der Waals surface area contributed by atoms with Crippen molar-refractivity contribution in [2.45, 2.75) is 19.1 Å². The van der Waals surface area contributed by atoms with Gasteiger partial charge in [0.05, 0.1) is 28.2 Å². The third-order valence-electron chi connectivity index (χ3n) is 4.22. The SMILES string of the molecule is CC(=O)c1ccc(N2C(=O)C(C)SC2=NNC(=O)CNc2cc(Cl)ccc2Cl)cc1. The zero-order valence-corrected chi connectivity index (χ0v) is 18.4. The van der Waals surface area contributed by atoms with Gasteiger partial charge in [0.2, 0.25) is 5.91 Å².